The van der Waals surface area contributed by atoms with Crippen LogP contribution < -0.4 is 0 Å². The molecule has 1 heterocycles. The van der Waals surface area contributed by atoms with Crippen molar-refractivity contribution < 1.29 is 8.78 Å². The number of benzene rings is 1. The highest BCUT2D eigenvalue weighted by Crippen LogP contribution is 2.31. The highest BCUT2D eigenvalue weighted by Gasteiger charge is 2.12. The van der Waals surface area contributed by atoms with Gasteiger partial charge in [-0.05, 0) is 17.5 Å². The van der Waals surface area contributed by atoms with Crippen molar-refractivity contribution in [1.29, 1.82) is 0 Å². The van der Waals surface area contributed by atoms with E-state index in [1.165, 1.54) is 12.3 Å². The predicted octanol–water partition coefficient (Wildman–Crippen LogP) is 3.93. The fraction of sp³-hybridized carbons (Fsp3) is 0.100. The molecular weight excluding hydrogens is 252 g/mol. The van der Waals surface area contributed by atoms with Gasteiger partial charge in [0.1, 0.15) is 0 Å². The fourth-order valence-electron chi connectivity index (χ4n) is 1.37. The van der Waals surface area contributed by atoms with Gasteiger partial charge in [-0.1, -0.05) is 22.0 Å². The van der Waals surface area contributed by atoms with Crippen LogP contribution in [0.5, 0.6) is 0 Å². The van der Waals surface area contributed by atoms with Crippen molar-refractivity contribution in [2.45, 2.75) is 6.43 Å². The fourth-order valence-corrected chi connectivity index (χ4v) is 1.84. The number of nitrogens with zero attached hydrogens (tertiary/aromatic N) is 1. The second kappa shape index (κ2) is 3.61. The van der Waals surface area contributed by atoms with Gasteiger partial charge in [0.2, 0.25) is 0 Å². The van der Waals surface area contributed by atoms with Gasteiger partial charge in [-0.25, -0.2) is 8.78 Å². The lowest BCUT2D eigenvalue weighted by atomic mass is 10.1. The third kappa shape index (κ3) is 1.50. The summed E-state index contributed by atoms with van der Waals surface area (Å²) in [6.45, 7) is 0. The Morgan fingerprint density at radius 1 is 1.14 bits per heavy atom. The van der Waals surface area contributed by atoms with E-state index in [4.69, 9.17) is 0 Å². The van der Waals surface area contributed by atoms with Crippen LogP contribution in [0.4, 0.5) is 8.78 Å². The van der Waals surface area contributed by atoms with Crippen LogP contribution in [-0.2, 0) is 0 Å². The molecule has 0 aliphatic rings. The molecule has 0 saturated carbocycles. The summed E-state index contributed by atoms with van der Waals surface area (Å²) in [5.74, 6) is 0. The number of pyridine rings is 1. The molecular formula is C10H6BrF2N. The Labute approximate surface area is 87.9 Å². The number of hydrogen-bond acceptors (Lipinski definition) is 1. The molecule has 0 N–H and O–H groups in total. The minimum absolute atomic E-state index is 0.0244. The number of hydrogen-bond donors (Lipinski definition) is 0. The maximum atomic E-state index is 12.6. The summed E-state index contributed by atoms with van der Waals surface area (Å²) < 4.78 is 26.0. The molecule has 2 rings (SSSR count). The van der Waals surface area contributed by atoms with Crippen molar-refractivity contribution in [2.24, 2.45) is 0 Å². The molecule has 4 heteroatoms. The zero-order valence-corrected chi connectivity index (χ0v) is 8.63. The van der Waals surface area contributed by atoms with E-state index >= 15 is 0 Å². The van der Waals surface area contributed by atoms with Gasteiger partial charge in [-0.3, -0.25) is 4.98 Å². The maximum Gasteiger partial charge on any atom is 0.264 e. The smallest absolute Gasteiger partial charge is 0.264 e. The van der Waals surface area contributed by atoms with E-state index in [0.717, 1.165) is 9.86 Å². The quantitative estimate of drug-likeness (QED) is 0.755. The molecule has 0 fully saturated rings. The van der Waals surface area contributed by atoms with Gasteiger partial charge in [-0.2, -0.15) is 0 Å². The molecule has 0 aliphatic heterocycles. The first kappa shape index (κ1) is 9.52. The topological polar surface area (TPSA) is 12.9 Å². The van der Waals surface area contributed by atoms with Crippen molar-refractivity contribution >= 4 is 26.7 Å². The Hall–Kier alpha value is -1.03. The van der Waals surface area contributed by atoms with E-state index in [1.54, 1.807) is 18.3 Å². The number of halogens is 3. The SMILES string of the molecule is FC(F)c1ccc(Br)c2ccncc12. The van der Waals surface area contributed by atoms with E-state index in [0.29, 0.717) is 5.39 Å². The van der Waals surface area contributed by atoms with Crippen LogP contribution in [0.1, 0.15) is 12.0 Å². The first-order chi connectivity index (χ1) is 6.70. The first-order valence-corrected chi connectivity index (χ1v) is 4.79. The molecule has 0 radical (unpaired) electrons. The normalized spacial score (nSPS) is 11.1. The van der Waals surface area contributed by atoms with Gasteiger partial charge < -0.3 is 0 Å². The van der Waals surface area contributed by atoms with E-state index in [-0.39, 0.29) is 5.56 Å². The highest BCUT2D eigenvalue weighted by molar-refractivity contribution is 9.10. The van der Waals surface area contributed by atoms with Crippen LogP contribution in [-0.4, -0.2) is 4.98 Å². The van der Waals surface area contributed by atoms with E-state index in [1.807, 2.05) is 0 Å². The molecule has 2 aromatic rings. The van der Waals surface area contributed by atoms with Crippen LogP contribution in [0.15, 0.2) is 35.1 Å². The minimum atomic E-state index is -2.46. The van der Waals surface area contributed by atoms with Gasteiger partial charge >= 0.3 is 0 Å². The summed E-state index contributed by atoms with van der Waals surface area (Å²) in [4.78, 5) is 3.84. The Morgan fingerprint density at radius 3 is 2.64 bits per heavy atom. The lowest BCUT2D eigenvalue weighted by molar-refractivity contribution is 0.153. The average Bonchev–Trinajstić information content (AvgIpc) is 2.18. The molecule has 1 aromatic heterocycles. The maximum absolute atomic E-state index is 12.6. The summed E-state index contributed by atoms with van der Waals surface area (Å²) in [7, 11) is 0. The largest absolute Gasteiger partial charge is 0.264 e. The summed E-state index contributed by atoms with van der Waals surface area (Å²) in [6.07, 6.45) is 0.582. The summed E-state index contributed by atoms with van der Waals surface area (Å²) >= 11 is 3.31. The van der Waals surface area contributed by atoms with Crippen LogP contribution >= 0.6 is 15.9 Å². The number of rotatable bonds is 1. The van der Waals surface area contributed by atoms with Gasteiger partial charge in [-0.15, -0.1) is 0 Å². The molecule has 0 spiro atoms. The molecule has 1 nitrogen and oxygen atoms in total. The van der Waals surface area contributed by atoms with Crippen molar-refractivity contribution in [3.05, 3.63) is 40.6 Å². The van der Waals surface area contributed by atoms with Gasteiger partial charge in [0.15, 0.2) is 0 Å². The third-order valence-electron chi connectivity index (χ3n) is 2.03. The average molecular weight is 258 g/mol. The van der Waals surface area contributed by atoms with Crippen LogP contribution in [0.3, 0.4) is 0 Å². The second-order valence-corrected chi connectivity index (χ2v) is 3.71. The lowest BCUT2D eigenvalue weighted by Gasteiger charge is -2.06. The van der Waals surface area contributed by atoms with Crippen molar-refractivity contribution in [3.63, 3.8) is 0 Å². The lowest BCUT2D eigenvalue weighted by Crippen LogP contribution is -1.88. The Balaban J connectivity index is 2.82. The monoisotopic (exact) mass is 257 g/mol. The van der Waals surface area contributed by atoms with E-state index in [9.17, 15) is 8.78 Å². The molecule has 0 atom stereocenters. The Kier molecular flexibility index (Phi) is 2.46. The first-order valence-electron chi connectivity index (χ1n) is 4.00. The molecule has 0 saturated heterocycles. The number of fused-ring (bicyclic) bond motifs is 1. The highest BCUT2D eigenvalue weighted by atomic mass is 79.9. The second-order valence-electron chi connectivity index (χ2n) is 2.86. The molecule has 72 valence electrons. The summed E-state index contributed by atoms with van der Waals surface area (Å²) in [6, 6.07) is 4.76. The predicted molar refractivity (Wildman–Crippen MR) is 54.4 cm³/mol. The molecule has 1 aromatic carbocycles. The Morgan fingerprint density at radius 2 is 1.93 bits per heavy atom. The molecule has 0 amide bonds. The number of aromatic nitrogens is 1. The van der Waals surface area contributed by atoms with E-state index in [2.05, 4.69) is 20.9 Å². The van der Waals surface area contributed by atoms with Crippen LogP contribution in [0.25, 0.3) is 10.8 Å². The van der Waals surface area contributed by atoms with E-state index < -0.39 is 6.43 Å². The number of alkyl halides is 2. The van der Waals surface area contributed by atoms with Gasteiger partial charge in [0.05, 0.1) is 0 Å². The standard InChI is InChI=1S/C10H6BrF2N/c11-9-2-1-7(10(12)13)8-5-14-4-3-6(8)9/h1-5,10H. The van der Waals surface area contributed by atoms with Crippen molar-refractivity contribution in [2.75, 3.05) is 0 Å². The Bertz CT molecular complexity index is 471. The van der Waals surface area contributed by atoms with Crippen molar-refractivity contribution in [1.82, 2.24) is 4.98 Å². The third-order valence-corrected chi connectivity index (χ3v) is 2.73. The molecule has 0 bridgehead atoms. The molecule has 0 aliphatic carbocycles. The zero-order chi connectivity index (χ0) is 10.1. The van der Waals surface area contributed by atoms with Gasteiger partial charge in [0.25, 0.3) is 6.43 Å². The van der Waals surface area contributed by atoms with Crippen LogP contribution in [0, 0.1) is 0 Å². The van der Waals surface area contributed by atoms with Crippen molar-refractivity contribution in [3.8, 4) is 0 Å². The minimum Gasteiger partial charge on any atom is -0.264 e. The molecule has 14 heavy (non-hydrogen) atoms. The summed E-state index contributed by atoms with van der Waals surface area (Å²) in [5.41, 5.74) is 0.0244. The zero-order valence-electron chi connectivity index (χ0n) is 7.05. The summed E-state index contributed by atoms with van der Waals surface area (Å²) in [5, 5.41) is 1.26. The van der Waals surface area contributed by atoms with Crippen LogP contribution in [0.2, 0.25) is 0 Å². The molecule has 0 unspecified atom stereocenters. The van der Waals surface area contributed by atoms with Gasteiger partial charge in [0, 0.05) is 27.8 Å².